The van der Waals surface area contributed by atoms with Gasteiger partial charge in [-0.2, -0.15) is 0 Å². The molecule has 5 heteroatoms. The van der Waals surface area contributed by atoms with E-state index in [2.05, 4.69) is 15.3 Å². The van der Waals surface area contributed by atoms with Crippen LogP contribution in [-0.2, 0) is 6.54 Å². The van der Waals surface area contributed by atoms with E-state index in [9.17, 15) is 0 Å². The molecule has 0 amide bonds. The molecule has 0 unspecified atom stereocenters. The zero-order valence-electron chi connectivity index (χ0n) is 9.55. The number of hydrogen-bond donors (Lipinski definition) is 2. The molecule has 0 bridgehead atoms. The van der Waals surface area contributed by atoms with Crippen molar-refractivity contribution in [1.82, 2.24) is 9.97 Å². The largest absolute Gasteiger partial charge is 0.481 e. The van der Waals surface area contributed by atoms with Crippen molar-refractivity contribution >= 4 is 11.4 Å². The third kappa shape index (κ3) is 2.63. The van der Waals surface area contributed by atoms with Crippen molar-refractivity contribution in [2.24, 2.45) is 0 Å². The Morgan fingerprint density at radius 3 is 3.00 bits per heavy atom. The highest BCUT2D eigenvalue weighted by molar-refractivity contribution is 5.64. The first-order valence-electron chi connectivity index (χ1n) is 5.22. The lowest BCUT2D eigenvalue weighted by molar-refractivity contribution is 0.393. The van der Waals surface area contributed by atoms with Gasteiger partial charge in [-0.3, -0.25) is 4.98 Å². The van der Waals surface area contributed by atoms with Gasteiger partial charge in [0.25, 0.3) is 0 Å². The fourth-order valence-electron chi connectivity index (χ4n) is 1.50. The lowest BCUT2D eigenvalue weighted by Crippen LogP contribution is -2.04. The fourth-order valence-corrected chi connectivity index (χ4v) is 1.50. The lowest BCUT2D eigenvalue weighted by atomic mass is 10.2. The molecular formula is C12H14N4O. The molecule has 0 atom stereocenters. The first-order valence-corrected chi connectivity index (χ1v) is 5.22. The van der Waals surface area contributed by atoms with E-state index in [1.54, 1.807) is 25.7 Å². The highest BCUT2D eigenvalue weighted by atomic mass is 16.5. The van der Waals surface area contributed by atoms with E-state index in [0.717, 1.165) is 11.3 Å². The first kappa shape index (κ1) is 11.2. The van der Waals surface area contributed by atoms with Crippen LogP contribution in [0.2, 0.25) is 0 Å². The van der Waals surface area contributed by atoms with Crippen LogP contribution in [0.5, 0.6) is 5.88 Å². The van der Waals surface area contributed by atoms with Gasteiger partial charge >= 0.3 is 0 Å². The number of nitrogen functional groups attached to an aromatic ring is 1. The van der Waals surface area contributed by atoms with E-state index < -0.39 is 0 Å². The summed E-state index contributed by atoms with van der Waals surface area (Å²) < 4.78 is 5.17. The summed E-state index contributed by atoms with van der Waals surface area (Å²) in [5, 5.41) is 3.22. The number of nitrogens with zero attached hydrogens (tertiary/aromatic N) is 2. The third-order valence-electron chi connectivity index (χ3n) is 2.36. The Hall–Kier alpha value is -2.30. The summed E-state index contributed by atoms with van der Waals surface area (Å²) >= 11 is 0. The van der Waals surface area contributed by atoms with E-state index in [1.807, 2.05) is 18.2 Å². The van der Waals surface area contributed by atoms with Crippen LogP contribution in [0.4, 0.5) is 11.4 Å². The second kappa shape index (κ2) is 5.16. The standard InChI is InChI=1S/C12H14N4O/c1-17-12-9(3-2-5-15-12)7-16-11-4-6-14-8-10(11)13/h2-6,8H,7,13H2,1H3,(H,14,16). The number of rotatable bonds is 4. The molecule has 88 valence electrons. The highest BCUT2D eigenvalue weighted by Crippen LogP contribution is 2.19. The smallest absolute Gasteiger partial charge is 0.218 e. The van der Waals surface area contributed by atoms with Crippen molar-refractivity contribution in [2.75, 3.05) is 18.2 Å². The normalized spacial score (nSPS) is 9.94. The Balaban J connectivity index is 2.10. The van der Waals surface area contributed by atoms with Crippen LogP contribution in [-0.4, -0.2) is 17.1 Å². The Morgan fingerprint density at radius 1 is 1.35 bits per heavy atom. The molecule has 0 saturated carbocycles. The maximum Gasteiger partial charge on any atom is 0.218 e. The minimum atomic E-state index is 0.602. The monoisotopic (exact) mass is 230 g/mol. The minimum Gasteiger partial charge on any atom is -0.481 e. The molecule has 5 nitrogen and oxygen atoms in total. The predicted octanol–water partition coefficient (Wildman–Crippen LogP) is 1.68. The molecule has 0 radical (unpaired) electrons. The van der Waals surface area contributed by atoms with Gasteiger partial charge < -0.3 is 15.8 Å². The maximum absolute atomic E-state index is 5.78. The van der Waals surface area contributed by atoms with Crippen molar-refractivity contribution in [2.45, 2.75) is 6.54 Å². The van der Waals surface area contributed by atoms with Crippen molar-refractivity contribution < 1.29 is 4.74 Å². The van der Waals surface area contributed by atoms with Crippen LogP contribution >= 0.6 is 0 Å². The van der Waals surface area contributed by atoms with Crippen molar-refractivity contribution in [3.63, 3.8) is 0 Å². The molecule has 0 spiro atoms. The molecule has 0 fully saturated rings. The Kier molecular flexibility index (Phi) is 3.40. The molecule has 0 aliphatic carbocycles. The number of anilines is 2. The second-order valence-corrected chi connectivity index (χ2v) is 3.49. The molecule has 0 aromatic carbocycles. The van der Waals surface area contributed by atoms with Gasteiger partial charge in [-0.1, -0.05) is 6.07 Å². The molecule has 2 aromatic heterocycles. The molecule has 0 aliphatic heterocycles. The molecule has 2 heterocycles. The van der Waals surface area contributed by atoms with Gasteiger partial charge in [0.1, 0.15) is 0 Å². The first-order chi connectivity index (χ1) is 8.31. The number of pyridine rings is 2. The number of aromatic nitrogens is 2. The summed E-state index contributed by atoms with van der Waals surface area (Å²) in [7, 11) is 1.60. The van der Waals surface area contributed by atoms with Crippen LogP contribution in [0.15, 0.2) is 36.8 Å². The number of hydrogen-bond acceptors (Lipinski definition) is 5. The van der Waals surface area contributed by atoms with Crippen LogP contribution in [0, 0.1) is 0 Å². The molecule has 2 aromatic rings. The Labute approximate surface area is 99.7 Å². The van der Waals surface area contributed by atoms with Gasteiger partial charge in [0.2, 0.25) is 5.88 Å². The molecule has 3 N–H and O–H groups in total. The van der Waals surface area contributed by atoms with Crippen LogP contribution in [0.1, 0.15) is 5.56 Å². The SMILES string of the molecule is COc1ncccc1CNc1ccncc1N. The van der Waals surface area contributed by atoms with E-state index in [4.69, 9.17) is 10.5 Å². The summed E-state index contributed by atoms with van der Waals surface area (Å²) in [5.41, 5.74) is 8.23. The quantitative estimate of drug-likeness (QED) is 0.836. The van der Waals surface area contributed by atoms with Gasteiger partial charge in [0.15, 0.2) is 0 Å². The van der Waals surface area contributed by atoms with E-state index in [1.165, 1.54) is 0 Å². The van der Waals surface area contributed by atoms with Gasteiger partial charge in [-0.05, 0) is 12.1 Å². The number of methoxy groups -OCH3 is 1. The van der Waals surface area contributed by atoms with Crippen molar-refractivity contribution in [3.8, 4) is 5.88 Å². The molecule has 0 saturated heterocycles. The summed E-state index contributed by atoms with van der Waals surface area (Å²) in [4.78, 5) is 8.06. The molecule has 2 rings (SSSR count). The lowest BCUT2D eigenvalue weighted by Gasteiger charge is -2.10. The van der Waals surface area contributed by atoms with E-state index >= 15 is 0 Å². The van der Waals surface area contributed by atoms with Gasteiger partial charge in [0.05, 0.1) is 24.7 Å². The number of nitrogens with one attached hydrogen (secondary N) is 1. The summed E-state index contributed by atoms with van der Waals surface area (Å²) in [5.74, 6) is 0.618. The molecular weight excluding hydrogens is 216 g/mol. The van der Waals surface area contributed by atoms with Gasteiger partial charge in [0, 0.05) is 24.5 Å². The van der Waals surface area contributed by atoms with Crippen LogP contribution in [0.25, 0.3) is 0 Å². The average molecular weight is 230 g/mol. The highest BCUT2D eigenvalue weighted by Gasteiger charge is 2.03. The van der Waals surface area contributed by atoms with Crippen molar-refractivity contribution in [3.05, 3.63) is 42.4 Å². The summed E-state index contributed by atoms with van der Waals surface area (Å²) in [6.45, 7) is 0.602. The minimum absolute atomic E-state index is 0.602. The number of nitrogens with two attached hydrogens (primary N) is 1. The Bertz CT molecular complexity index is 501. The second-order valence-electron chi connectivity index (χ2n) is 3.49. The summed E-state index contributed by atoms with van der Waals surface area (Å²) in [6, 6.07) is 5.66. The summed E-state index contributed by atoms with van der Waals surface area (Å²) in [6.07, 6.45) is 5.01. The number of ether oxygens (including phenoxy) is 1. The third-order valence-corrected chi connectivity index (χ3v) is 2.36. The van der Waals surface area contributed by atoms with Gasteiger partial charge in [-0.25, -0.2) is 4.98 Å². The average Bonchev–Trinajstić information content (AvgIpc) is 2.38. The van der Waals surface area contributed by atoms with E-state index in [-0.39, 0.29) is 0 Å². The van der Waals surface area contributed by atoms with Crippen LogP contribution < -0.4 is 15.8 Å². The maximum atomic E-state index is 5.78. The Morgan fingerprint density at radius 2 is 2.24 bits per heavy atom. The predicted molar refractivity (Wildman–Crippen MR) is 66.8 cm³/mol. The van der Waals surface area contributed by atoms with Crippen LogP contribution in [0.3, 0.4) is 0 Å². The van der Waals surface area contributed by atoms with E-state index in [0.29, 0.717) is 18.1 Å². The van der Waals surface area contributed by atoms with Crippen molar-refractivity contribution in [1.29, 1.82) is 0 Å². The zero-order chi connectivity index (χ0) is 12.1. The van der Waals surface area contributed by atoms with Gasteiger partial charge in [-0.15, -0.1) is 0 Å². The topological polar surface area (TPSA) is 73.1 Å². The molecule has 17 heavy (non-hydrogen) atoms. The zero-order valence-corrected chi connectivity index (χ0v) is 9.55. The molecule has 0 aliphatic rings. The fraction of sp³-hybridized carbons (Fsp3) is 0.167.